The average molecular weight is 529 g/mol. The van der Waals surface area contributed by atoms with Gasteiger partial charge in [-0.2, -0.15) is 13.2 Å². The van der Waals surface area contributed by atoms with Crippen molar-refractivity contribution >= 4 is 6.09 Å². The molecule has 1 amide bonds. The van der Waals surface area contributed by atoms with Crippen LogP contribution in [0.25, 0.3) is 11.1 Å². The van der Waals surface area contributed by atoms with Crippen molar-refractivity contribution < 1.29 is 27.8 Å². The zero-order chi connectivity index (χ0) is 27.7. The molecule has 38 heavy (non-hydrogen) atoms. The van der Waals surface area contributed by atoms with Gasteiger partial charge in [0.2, 0.25) is 0 Å². The second-order valence-corrected chi connectivity index (χ2v) is 10.5. The number of pyridine rings is 1. The first kappa shape index (κ1) is 27.4. The van der Waals surface area contributed by atoms with E-state index >= 15 is 0 Å². The number of carbonyl (C=O) groups excluding carboxylic acids is 1. The Morgan fingerprint density at radius 1 is 1.00 bits per heavy atom. The third kappa shape index (κ3) is 6.27. The number of amides is 1. The second kappa shape index (κ2) is 10.3. The molecule has 1 fully saturated rings. The lowest BCUT2D eigenvalue weighted by atomic mass is 9.80. The van der Waals surface area contributed by atoms with Crippen LogP contribution in [0.3, 0.4) is 0 Å². The van der Waals surface area contributed by atoms with Crippen LogP contribution >= 0.6 is 0 Å². The molecule has 2 aromatic carbocycles. The molecular formula is C29H31F3N2O4. The van der Waals surface area contributed by atoms with Crippen LogP contribution < -0.4 is 5.56 Å². The van der Waals surface area contributed by atoms with E-state index in [1.54, 1.807) is 30.9 Å². The van der Waals surface area contributed by atoms with Crippen molar-refractivity contribution in [1.29, 1.82) is 0 Å². The number of benzene rings is 2. The maximum Gasteiger partial charge on any atom is 0.411 e. The fourth-order valence-electron chi connectivity index (χ4n) is 5.04. The Balaban J connectivity index is 1.50. The normalized spacial score (nSPS) is 19.2. The summed E-state index contributed by atoms with van der Waals surface area (Å²) in [5, 5.41) is 10.6. The highest BCUT2D eigenvalue weighted by molar-refractivity contribution is 5.70. The minimum Gasteiger partial charge on any atom is -0.438 e. The largest absolute Gasteiger partial charge is 0.438 e. The molecule has 0 aliphatic carbocycles. The van der Waals surface area contributed by atoms with E-state index in [9.17, 15) is 27.9 Å². The molecule has 3 aromatic rings. The maximum atomic E-state index is 13.2. The minimum atomic E-state index is -4.48. The first-order valence-corrected chi connectivity index (χ1v) is 12.4. The number of cyclic esters (lactones) is 1. The molecule has 1 saturated heterocycles. The summed E-state index contributed by atoms with van der Waals surface area (Å²) in [6.45, 7) is 4.36. The second-order valence-electron chi connectivity index (χ2n) is 10.5. The summed E-state index contributed by atoms with van der Waals surface area (Å²) in [6, 6.07) is 19.0. The molecule has 0 spiro atoms. The number of carbonyl (C=O) groups is 1. The van der Waals surface area contributed by atoms with E-state index in [0.717, 1.165) is 17.3 Å². The van der Waals surface area contributed by atoms with E-state index in [-0.39, 0.29) is 12.5 Å². The first-order valence-electron chi connectivity index (χ1n) is 12.4. The van der Waals surface area contributed by atoms with Gasteiger partial charge in [-0.25, -0.2) is 4.79 Å². The smallest absolute Gasteiger partial charge is 0.411 e. The van der Waals surface area contributed by atoms with E-state index in [1.165, 1.54) is 12.1 Å². The quantitative estimate of drug-likeness (QED) is 0.406. The van der Waals surface area contributed by atoms with Crippen LogP contribution in [0, 0.1) is 0 Å². The summed E-state index contributed by atoms with van der Waals surface area (Å²) in [4.78, 5) is 27.0. The van der Waals surface area contributed by atoms with Crippen molar-refractivity contribution in [3.8, 4) is 11.1 Å². The van der Waals surface area contributed by atoms with Gasteiger partial charge in [-0.1, -0.05) is 54.6 Å². The molecular weight excluding hydrogens is 497 g/mol. The highest BCUT2D eigenvalue weighted by atomic mass is 19.4. The van der Waals surface area contributed by atoms with Crippen molar-refractivity contribution in [3.05, 3.63) is 94.4 Å². The van der Waals surface area contributed by atoms with Gasteiger partial charge in [-0.3, -0.25) is 4.79 Å². The molecule has 6 nitrogen and oxygen atoms in total. The molecule has 0 saturated carbocycles. The number of rotatable bonds is 7. The van der Waals surface area contributed by atoms with Crippen molar-refractivity contribution in [3.63, 3.8) is 0 Å². The molecule has 1 N–H and O–H groups in total. The maximum absolute atomic E-state index is 13.2. The van der Waals surface area contributed by atoms with Crippen LogP contribution in [0.2, 0.25) is 0 Å². The Morgan fingerprint density at radius 2 is 1.66 bits per heavy atom. The van der Waals surface area contributed by atoms with Gasteiger partial charge in [0.15, 0.2) is 0 Å². The van der Waals surface area contributed by atoms with Crippen molar-refractivity contribution in [2.75, 3.05) is 6.54 Å². The standard InChI is InChI=1S/C29H31F3N2O4/c1-20(21-9-11-22(12-10-21)23-13-15-33(25(35)17-23)19-29(30,31)32)34-16-14-28(38-26(34)36,18-27(2,3)37)24-7-5-4-6-8-24/h4-13,15,17,20,37H,14,16,18-19H2,1-3H3/t20-,28?/m0/s1. The molecule has 1 aromatic heterocycles. The van der Waals surface area contributed by atoms with E-state index in [0.29, 0.717) is 28.7 Å². The highest BCUT2D eigenvalue weighted by Gasteiger charge is 2.46. The van der Waals surface area contributed by atoms with Crippen molar-refractivity contribution in [1.82, 2.24) is 9.47 Å². The predicted molar refractivity (Wildman–Crippen MR) is 137 cm³/mol. The lowest BCUT2D eigenvalue weighted by Crippen LogP contribution is -2.51. The summed E-state index contributed by atoms with van der Waals surface area (Å²) < 4.78 is 44.6. The van der Waals surface area contributed by atoms with E-state index in [1.807, 2.05) is 49.4 Å². The third-order valence-corrected chi connectivity index (χ3v) is 6.83. The Morgan fingerprint density at radius 3 is 2.21 bits per heavy atom. The topological polar surface area (TPSA) is 71.8 Å². The number of halogens is 3. The molecule has 0 radical (unpaired) electrons. The van der Waals surface area contributed by atoms with Gasteiger partial charge in [0, 0.05) is 31.6 Å². The molecule has 2 heterocycles. The number of hydrogen-bond acceptors (Lipinski definition) is 4. The zero-order valence-electron chi connectivity index (χ0n) is 21.5. The van der Waals surface area contributed by atoms with Gasteiger partial charge in [0.25, 0.3) is 5.56 Å². The third-order valence-electron chi connectivity index (χ3n) is 6.83. The van der Waals surface area contributed by atoms with E-state index in [2.05, 4.69) is 0 Å². The lowest BCUT2D eigenvalue weighted by molar-refractivity contribution is -0.141. The molecule has 1 aliphatic rings. The summed E-state index contributed by atoms with van der Waals surface area (Å²) in [5.41, 5.74) is 0.128. The van der Waals surface area contributed by atoms with Gasteiger partial charge in [0.1, 0.15) is 12.1 Å². The van der Waals surface area contributed by atoms with Gasteiger partial charge < -0.3 is 19.3 Å². The molecule has 1 aliphatic heterocycles. The number of aliphatic hydroxyl groups is 1. The van der Waals surface area contributed by atoms with Gasteiger partial charge in [-0.15, -0.1) is 0 Å². The number of hydrogen-bond donors (Lipinski definition) is 1. The van der Waals surface area contributed by atoms with Crippen LogP contribution in [0.4, 0.5) is 18.0 Å². The van der Waals surface area contributed by atoms with Crippen molar-refractivity contribution in [2.24, 2.45) is 0 Å². The fraction of sp³-hybridized carbons (Fsp3) is 0.379. The summed E-state index contributed by atoms with van der Waals surface area (Å²) in [5.74, 6) is 0. The van der Waals surface area contributed by atoms with Crippen LogP contribution in [-0.4, -0.2) is 39.0 Å². The fourth-order valence-corrected chi connectivity index (χ4v) is 5.04. The van der Waals surface area contributed by atoms with Gasteiger partial charge in [0.05, 0.1) is 11.6 Å². The van der Waals surface area contributed by atoms with E-state index < -0.39 is 35.6 Å². The monoisotopic (exact) mass is 528 g/mol. The Bertz CT molecular complexity index is 1330. The molecule has 2 atom stereocenters. The minimum absolute atomic E-state index is 0.258. The summed E-state index contributed by atoms with van der Waals surface area (Å²) >= 11 is 0. The predicted octanol–water partition coefficient (Wildman–Crippen LogP) is 6.04. The van der Waals surface area contributed by atoms with Crippen molar-refractivity contribution in [2.45, 2.75) is 63.6 Å². The summed E-state index contributed by atoms with van der Waals surface area (Å²) in [7, 11) is 0. The molecule has 202 valence electrons. The first-order chi connectivity index (χ1) is 17.8. The average Bonchev–Trinajstić information content (AvgIpc) is 2.84. The highest BCUT2D eigenvalue weighted by Crippen LogP contribution is 2.42. The number of alkyl halides is 3. The Kier molecular flexibility index (Phi) is 7.43. The molecule has 4 rings (SSSR count). The number of nitrogens with zero attached hydrogens (tertiary/aromatic N) is 2. The van der Waals surface area contributed by atoms with Gasteiger partial charge in [-0.05, 0) is 49.1 Å². The Labute approximate surface area is 219 Å². The molecule has 1 unspecified atom stereocenters. The van der Waals surface area contributed by atoms with Gasteiger partial charge >= 0.3 is 12.3 Å². The molecule has 0 bridgehead atoms. The van der Waals surface area contributed by atoms with Crippen LogP contribution in [-0.2, 0) is 16.9 Å². The SMILES string of the molecule is C[C@@H](c1ccc(-c2ccn(CC(F)(F)F)c(=O)c2)cc1)N1CCC(CC(C)(C)O)(c2ccccc2)OC1=O. The number of ether oxygens (including phenoxy) is 1. The van der Waals surface area contributed by atoms with Crippen LogP contribution in [0.15, 0.2) is 77.7 Å². The van der Waals surface area contributed by atoms with Crippen LogP contribution in [0.1, 0.15) is 50.8 Å². The Hall–Kier alpha value is -3.59. The number of aromatic nitrogens is 1. The lowest BCUT2D eigenvalue weighted by Gasteiger charge is -2.45. The van der Waals surface area contributed by atoms with Crippen LogP contribution in [0.5, 0.6) is 0 Å². The summed E-state index contributed by atoms with van der Waals surface area (Å²) in [6.07, 6.45) is -3.06. The van der Waals surface area contributed by atoms with E-state index in [4.69, 9.17) is 4.74 Å². The zero-order valence-corrected chi connectivity index (χ0v) is 21.5. The molecule has 9 heteroatoms.